The molecule has 0 amide bonds. The summed E-state index contributed by atoms with van der Waals surface area (Å²) in [5, 5.41) is 0. The summed E-state index contributed by atoms with van der Waals surface area (Å²) in [6.45, 7) is 7.31. The van der Waals surface area contributed by atoms with Crippen LogP contribution in [0.3, 0.4) is 0 Å². The summed E-state index contributed by atoms with van der Waals surface area (Å²) in [5.74, 6) is 1.62. The number of likely N-dealkylation sites (tertiary alicyclic amines) is 1. The molecule has 1 heterocycles. The molecule has 2 rings (SSSR count). The van der Waals surface area contributed by atoms with Gasteiger partial charge in [0.15, 0.2) is 0 Å². The van der Waals surface area contributed by atoms with Crippen molar-refractivity contribution in [2.24, 2.45) is 17.3 Å². The normalized spacial score (nSPS) is 46.9. The predicted octanol–water partition coefficient (Wildman–Crippen LogP) is 2.15. The van der Waals surface area contributed by atoms with Crippen molar-refractivity contribution in [3.8, 4) is 0 Å². The molecule has 1 fully saturated rings. The number of fused-ring (bicyclic) bond motifs is 2. The van der Waals surface area contributed by atoms with E-state index in [-0.39, 0.29) is 0 Å². The minimum Gasteiger partial charge on any atom is -0.305 e. The highest BCUT2D eigenvalue weighted by Gasteiger charge is 2.45. The van der Waals surface area contributed by atoms with Gasteiger partial charge in [-0.3, -0.25) is 0 Å². The first kappa shape index (κ1) is 8.31. The Hall–Kier alpha value is -0.300. The lowest BCUT2D eigenvalue weighted by Gasteiger charge is -2.44. The summed E-state index contributed by atoms with van der Waals surface area (Å²) in [6.07, 6.45) is 6.21. The van der Waals surface area contributed by atoms with Gasteiger partial charge in [0.2, 0.25) is 0 Å². The zero-order valence-corrected chi connectivity index (χ0v) is 8.38. The van der Waals surface area contributed by atoms with Gasteiger partial charge in [-0.15, -0.1) is 0 Å². The van der Waals surface area contributed by atoms with E-state index in [9.17, 15) is 0 Å². The van der Waals surface area contributed by atoms with E-state index in [0.717, 1.165) is 11.8 Å². The number of nitrogens with zero attached hydrogens (tertiary/aromatic N) is 1. The van der Waals surface area contributed by atoms with Crippen molar-refractivity contribution in [1.29, 1.82) is 0 Å². The quantitative estimate of drug-likeness (QED) is 0.538. The van der Waals surface area contributed by atoms with Crippen LogP contribution in [0.15, 0.2) is 12.2 Å². The number of hydrogen-bond acceptors (Lipinski definition) is 1. The Bertz CT molecular complexity index is 191. The van der Waals surface area contributed by atoms with Crippen LogP contribution in [-0.4, -0.2) is 25.0 Å². The summed E-state index contributed by atoms with van der Waals surface area (Å²) in [7, 11) is 2.24. The Balaban J connectivity index is 2.23. The van der Waals surface area contributed by atoms with Gasteiger partial charge in [0.25, 0.3) is 0 Å². The summed E-state index contributed by atoms with van der Waals surface area (Å²) in [6, 6.07) is 0. The van der Waals surface area contributed by atoms with Crippen molar-refractivity contribution in [3.63, 3.8) is 0 Å². The molecule has 1 heteroatoms. The molecule has 1 nitrogen and oxygen atoms in total. The second-order valence-corrected chi connectivity index (χ2v) is 4.68. The minimum absolute atomic E-state index is 0.576. The van der Waals surface area contributed by atoms with Crippen molar-refractivity contribution in [1.82, 2.24) is 4.90 Å². The first-order chi connectivity index (χ1) is 5.66. The van der Waals surface area contributed by atoms with Gasteiger partial charge in [-0.2, -0.15) is 0 Å². The molecule has 0 aromatic rings. The maximum absolute atomic E-state index is 2.47. The maximum Gasteiger partial charge on any atom is 0.00470 e. The summed E-state index contributed by atoms with van der Waals surface area (Å²) >= 11 is 0. The molecular formula is C11H19N. The second kappa shape index (κ2) is 2.59. The molecule has 1 aliphatic heterocycles. The van der Waals surface area contributed by atoms with Gasteiger partial charge < -0.3 is 4.90 Å². The molecule has 68 valence electrons. The molecule has 1 saturated heterocycles. The van der Waals surface area contributed by atoms with Gasteiger partial charge >= 0.3 is 0 Å². The van der Waals surface area contributed by atoms with Crippen molar-refractivity contribution >= 4 is 0 Å². The van der Waals surface area contributed by atoms with E-state index in [1.54, 1.807) is 0 Å². The van der Waals surface area contributed by atoms with Gasteiger partial charge in [-0.1, -0.05) is 26.0 Å². The van der Waals surface area contributed by atoms with Crippen LogP contribution in [0, 0.1) is 17.3 Å². The van der Waals surface area contributed by atoms with Gasteiger partial charge in [0, 0.05) is 13.1 Å². The molecule has 0 aromatic carbocycles. The van der Waals surface area contributed by atoms with Crippen LogP contribution in [0.2, 0.25) is 0 Å². The van der Waals surface area contributed by atoms with Crippen molar-refractivity contribution in [2.45, 2.75) is 20.3 Å². The lowest BCUT2D eigenvalue weighted by Crippen LogP contribution is -2.46. The number of piperidine rings is 1. The Kier molecular flexibility index (Phi) is 1.80. The first-order valence-electron chi connectivity index (χ1n) is 5.03. The average Bonchev–Trinajstić information content (AvgIpc) is 2.24. The Labute approximate surface area is 75.4 Å². The fraction of sp³-hybridized carbons (Fsp3) is 0.818. The molecule has 0 radical (unpaired) electrons. The lowest BCUT2D eigenvalue weighted by atomic mass is 9.68. The SMILES string of the molecule is CCC1(C)C2C=CC1CN(C)C2. The minimum atomic E-state index is 0.576. The molecule has 0 saturated carbocycles. The van der Waals surface area contributed by atoms with E-state index >= 15 is 0 Å². The highest BCUT2D eigenvalue weighted by Crippen LogP contribution is 2.48. The first-order valence-corrected chi connectivity index (χ1v) is 5.03. The lowest BCUT2D eigenvalue weighted by molar-refractivity contribution is 0.0581. The number of hydrogen-bond donors (Lipinski definition) is 0. The third-order valence-electron chi connectivity index (χ3n) is 4.05. The fourth-order valence-corrected chi connectivity index (χ4v) is 2.79. The second-order valence-electron chi connectivity index (χ2n) is 4.68. The van der Waals surface area contributed by atoms with Crippen molar-refractivity contribution in [3.05, 3.63) is 12.2 Å². The number of rotatable bonds is 1. The van der Waals surface area contributed by atoms with Gasteiger partial charge in [0.1, 0.15) is 0 Å². The van der Waals surface area contributed by atoms with E-state index in [0.29, 0.717) is 5.41 Å². The Morgan fingerprint density at radius 1 is 1.33 bits per heavy atom. The van der Waals surface area contributed by atoms with Crippen molar-refractivity contribution in [2.75, 3.05) is 20.1 Å². The molecule has 1 aliphatic carbocycles. The molecule has 2 bridgehead atoms. The third kappa shape index (κ3) is 0.957. The maximum atomic E-state index is 2.47. The molecule has 0 N–H and O–H groups in total. The smallest absolute Gasteiger partial charge is 0.00470 e. The Morgan fingerprint density at radius 3 is 2.25 bits per heavy atom. The van der Waals surface area contributed by atoms with Crippen LogP contribution < -0.4 is 0 Å². The van der Waals surface area contributed by atoms with Crippen LogP contribution in [-0.2, 0) is 0 Å². The van der Waals surface area contributed by atoms with Gasteiger partial charge in [-0.05, 0) is 30.7 Å². The van der Waals surface area contributed by atoms with Gasteiger partial charge in [-0.25, -0.2) is 0 Å². The van der Waals surface area contributed by atoms with E-state index < -0.39 is 0 Å². The third-order valence-corrected chi connectivity index (χ3v) is 4.05. The highest BCUT2D eigenvalue weighted by atomic mass is 15.1. The average molecular weight is 165 g/mol. The van der Waals surface area contributed by atoms with E-state index in [2.05, 4.69) is 37.9 Å². The predicted molar refractivity (Wildman–Crippen MR) is 52.0 cm³/mol. The van der Waals surface area contributed by atoms with Crippen LogP contribution in [0.5, 0.6) is 0 Å². The van der Waals surface area contributed by atoms with E-state index in [1.165, 1.54) is 19.5 Å². The van der Waals surface area contributed by atoms with Crippen LogP contribution in [0.1, 0.15) is 20.3 Å². The zero-order chi connectivity index (χ0) is 8.77. The zero-order valence-electron chi connectivity index (χ0n) is 8.38. The summed E-state index contributed by atoms with van der Waals surface area (Å²) in [4.78, 5) is 2.47. The molecule has 0 spiro atoms. The van der Waals surface area contributed by atoms with Crippen molar-refractivity contribution < 1.29 is 0 Å². The highest BCUT2D eigenvalue weighted by molar-refractivity contribution is 5.16. The summed E-state index contributed by atoms with van der Waals surface area (Å²) in [5.41, 5.74) is 0.576. The molecule has 2 aliphatic rings. The molecular weight excluding hydrogens is 146 g/mol. The largest absolute Gasteiger partial charge is 0.305 e. The molecule has 0 aromatic heterocycles. The molecule has 12 heavy (non-hydrogen) atoms. The van der Waals surface area contributed by atoms with Gasteiger partial charge in [0.05, 0.1) is 0 Å². The fourth-order valence-electron chi connectivity index (χ4n) is 2.79. The topological polar surface area (TPSA) is 3.24 Å². The standard InChI is InChI=1S/C11H19N/c1-4-11(2)9-5-6-10(11)8-12(3)7-9/h5-6,9-10H,4,7-8H2,1-3H3. The van der Waals surface area contributed by atoms with Crippen LogP contribution in [0.4, 0.5) is 0 Å². The van der Waals surface area contributed by atoms with E-state index in [4.69, 9.17) is 0 Å². The molecule has 2 atom stereocenters. The Morgan fingerprint density at radius 2 is 1.83 bits per heavy atom. The molecule has 2 unspecified atom stereocenters. The van der Waals surface area contributed by atoms with Crippen LogP contribution >= 0.6 is 0 Å². The van der Waals surface area contributed by atoms with Crippen LogP contribution in [0.25, 0.3) is 0 Å². The monoisotopic (exact) mass is 165 g/mol. The van der Waals surface area contributed by atoms with E-state index in [1.807, 2.05) is 0 Å². The summed E-state index contributed by atoms with van der Waals surface area (Å²) < 4.78 is 0.